The molecule has 0 aliphatic carbocycles. The van der Waals surface area contributed by atoms with E-state index in [9.17, 15) is 14.3 Å². The number of rotatable bonds is 7. The second-order valence-corrected chi connectivity index (χ2v) is 12.7. The highest BCUT2D eigenvalue weighted by Crippen LogP contribution is 2.45. The Morgan fingerprint density at radius 1 is 0.907 bits per heavy atom. The van der Waals surface area contributed by atoms with E-state index in [1.165, 1.54) is 11.3 Å². The van der Waals surface area contributed by atoms with Crippen LogP contribution in [0.3, 0.4) is 0 Å². The van der Waals surface area contributed by atoms with E-state index in [0.29, 0.717) is 15.3 Å². The molecule has 6 aromatic rings. The first-order valence-corrected chi connectivity index (χ1v) is 16.7. The van der Waals surface area contributed by atoms with Gasteiger partial charge in [-0.15, -0.1) is 11.3 Å². The average molecular weight is 620 g/mol. The monoisotopic (exact) mass is 619 g/mol. The lowest BCUT2D eigenvalue weighted by molar-refractivity contribution is 0.112. The van der Waals surface area contributed by atoms with Gasteiger partial charge in [-0.25, -0.2) is 4.21 Å². The number of fused-ring (bicyclic) bond motifs is 1. The zero-order valence-electron chi connectivity index (χ0n) is 23.9. The van der Waals surface area contributed by atoms with Crippen LogP contribution in [0.5, 0.6) is 0 Å². The minimum Gasteiger partial charge on any atom is -0.298 e. The van der Waals surface area contributed by atoms with Gasteiger partial charge in [0.25, 0.3) is 0 Å². The van der Waals surface area contributed by atoms with Crippen LogP contribution in [0, 0.1) is 18.3 Å². The Bertz CT molecular complexity index is 1970. The van der Waals surface area contributed by atoms with Crippen LogP contribution in [0.1, 0.15) is 20.8 Å². The molecule has 0 aliphatic heterocycles. The number of nitriles is 1. The summed E-state index contributed by atoms with van der Waals surface area (Å²) < 4.78 is 19.0. The Kier molecular flexibility index (Phi) is 9.70. The SMILES string of the molecule is CNSC.Cc1ccc(S(=O)n2c(-c3cccc(-c4cccc(C=O)c4)c3)c(-c3ccsc3C#N)c3ccccc32)cc1. The number of nitrogens with zero attached hydrogens (tertiary/aromatic N) is 2. The molecule has 6 rings (SSSR count). The third-order valence-electron chi connectivity index (χ3n) is 6.95. The summed E-state index contributed by atoms with van der Waals surface area (Å²) in [4.78, 5) is 12.7. The number of thiophene rings is 1. The van der Waals surface area contributed by atoms with Crippen molar-refractivity contribution in [1.82, 2.24) is 8.69 Å². The molecule has 4 aromatic carbocycles. The van der Waals surface area contributed by atoms with E-state index in [-0.39, 0.29) is 0 Å². The fourth-order valence-electron chi connectivity index (χ4n) is 4.91. The molecule has 214 valence electrons. The fourth-order valence-corrected chi connectivity index (χ4v) is 6.88. The second-order valence-electron chi connectivity index (χ2n) is 9.60. The van der Waals surface area contributed by atoms with Crippen molar-refractivity contribution in [3.63, 3.8) is 0 Å². The Morgan fingerprint density at radius 3 is 2.28 bits per heavy atom. The van der Waals surface area contributed by atoms with Crippen molar-refractivity contribution in [2.75, 3.05) is 13.3 Å². The van der Waals surface area contributed by atoms with Gasteiger partial charge in [-0.05, 0) is 73.1 Å². The number of aromatic nitrogens is 1. The molecule has 43 heavy (non-hydrogen) atoms. The summed E-state index contributed by atoms with van der Waals surface area (Å²) in [5.41, 5.74) is 7.71. The van der Waals surface area contributed by atoms with E-state index < -0.39 is 11.0 Å². The molecule has 1 unspecified atom stereocenters. The third kappa shape index (κ3) is 6.26. The highest BCUT2D eigenvalue weighted by atomic mass is 32.2. The van der Waals surface area contributed by atoms with Crippen LogP contribution in [-0.2, 0) is 11.0 Å². The Labute approximate surface area is 262 Å². The first kappa shape index (κ1) is 30.2. The minimum atomic E-state index is -1.56. The van der Waals surface area contributed by atoms with Crippen molar-refractivity contribution in [3.05, 3.63) is 125 Å². The molecule has 1 atom stereocenters. The van der Waals surface area contributed by atoms with E-state index in [2.05, 4.69) is 16.9 Å². The van der Waals surface area contributed by atoms with Gasteiger partial charge < -0.3 is 0 Å². The molecule has 0 spiro atoms. The summed E-state index contributed by atoms with van der Waals surface area (Å²) in [5.74, 6) is 0. The van der Waals surface area contributed by atoms with E-state index in [0.717, 1.165) is 56.3 Å². The van der Waals surface area contributed by atoms with Crippen LogP contribution in [0.4, 0.5) is 0 Å². The van der Waals surface area contributed by atoms with Gasteiger partial charge in [0, 0.05) is 27.6 Å². The summed E-state index contributed by atoms with van der Waals surface area (Å²) in [7, 11) is 0.337. The molecule has 0 aliphatic rings. The lowest BCUT2D eigenvalue weighted by Gasteiger charge is -2.14. The first-order chi connectivity index (χ1) is 21.0. The molecule has 1 N–H and O–H groups in total. The summed E-state index contributed by atoms with van der Waals surface area (Å²) >= 11 is 3.00. The number of nitrogens with one attached hydrogen (secondary N) is 1. The van der Waals surface area contributed by atoms with Gasteiger partial charge in [0.05, 0.1) is 16.1 Å². The number of para-hydroxylation sites is 1. The van der Waals surface area contributed by atoms with Crippen LogP contribution in [0.15, 0.2) is 113 Å². The van der Waals surface area contributed by atoms with Crippen molar-refractivity contribution in [2.45, 2.75) is 11.8 Å². The lowest BCUT2D eigenvalue weighted by Crippen LogP contribution is -2.07. The number of benzene rings is 4. The van der Waals surface area contributed by atoms with Gasteiger partial charge in [-0.2, -0.15) is 5.26 Å². The van der Waals surface area contributed by atoms with Crippen molar-refractivity contribution in [3.8, 4) is 39.6 Å². The number of aryl methyl sites for hydroxylation is 1. The Balaban J connectivity index is 0.000000868. The smallest absolute Gasteiger partial charge is 0.157 e. The molecule has 2 aromatic heterocycles. The van der Waals surface area contributed by atoms with Crippen molar-refractivity contribution >= 4 is 51.5 Å². The molecular weight excluding hydrogens is 591 g/mol. The van der Waals surface area contributed by atoms with Gasteiger partial charge in [0.2, 0.25) is 0 Å². The zero-order chi connectivity index (χ0) is 30.3. The predicted octanol–water partition coefficient (Wildman–Crippen LogP) is 8.75. The number of carbonyl (C=O) groups is 1. The van der Waals surface area contributed by atoms with E-state index in [1.54, 1.807) is 18.0 Å². The molecule has 0 amide bonds. The molecule has 0 radical (unpaired) electrons. The maximum atomic E-state index is 14.3. The number of hydrogen-bond donors (Lipinski definition) is 1. The van der Waals surface area contributed by atoms with Crippen LogP contribution in [0.2, 0.25) is 0 Å². The van der Waals surface area contributed by atoms with Crippen LogP contribution >= 0.6 is 23.3 Å². The van der Waals surface area contributed by atoms with Crippen molar-refractivity contribution < 1.29 is 9.00 Å². The summed E-state index contributed by atoms with van der Waals surface area (Å²) in [5, 5.41) is 12.8. The molecule has 0 saturated carbocycles. The van der Waals surface area contributed by atoms with Crippen molar-refractivity contribution in [2.24, 2.45) is 0 Å². The highest BCUT2D eigenvalue weighted by molar-refractivity contribution is 7.96. The molecular formula is C35H29N3O2S3. The topological polar surface area (TPSA) is 74.9 Å². The largest absolute Gasteiger partial charge is 0.298 e. The molecule has 0 bridgehead atoms. The van der Waals surface area contributed by atoms with Crippen LogP contribution in [-0.4, -0.2) is 27.8 Å². The number of hydrogen-bond acceptors (Lipinski definition) is 6. The molecule has 2 heterocycles. The molecule has 8 heteroatoms. The minimum absolute atomic E-state index is 0.602. The summed E-state index contributed by atoms with van der Waals surface area (Å²) in [6, 6.07) is 35.5. The normalized spacial score (nSPS) is 11.4. The standard InChI is InChI=1S/C33H22N2O2S2.C2H7NS/c1-22-12-14-27(15-13-22)39(37)35-30-11-3-2-10-28(30)32(29-16-17-38-31(29)20-34)33(35)26-9-5-8-25(19-26)24-7-4-6-23(18-24)21-36;1-3-4-2/h2-19,21H,1H3;3H,1-2H3. The van der Waals surface area contributed by atoms with Crippen LogP contribution in [0.25, 0.3) is 44.4 Å². The maximum Gasteiger partial charge on any atom is 0.157 e. The van der Waals surface area contributed by atoms with Gasteiger partial charge in [0.1, 0.15) is 17.2 Å². The zero-order valence-corrected chi connectivity index (χ0v) is 26.4. The Hall–Kier alpha value is -4.26. The van der Waals surface area contributed by atoms with E-state index >= 15 is 0 Å². The van der Waals surface area contributed by atoms with Gasteiger partial charge in [0.15, 0.2) is 11.0 Å². The maximum absolute atomic E-state index is 14.3. The number of carbonyl (C=O) groups excluding carboxylic acids is 1. The van der Waals surface area contributed by atoms with Gasteiger partial charge >= 0.3 is 0 Å². The van der Waals surface area contributed by atoms with E-state index in [4.69, 9.17) is 0 Å². The quantitative estimate of drug-likeness (QED) is 0.143. The van der Waals surface area contributed by atoms with Crippen molar-refractivity contribution in [1.29, 1.82) is 5.26 Å². The average Bonchev–Trinajstić information content (AvgIpc) is 3.67. The molecule has 0 saturated heterocycles. The Morgan fingerprint density at radius 2 is 1.58 bits per heavy atom. The number of aldehydes is 1. The summed E-state index contributed by atoms with van der Waals surface area (Å²) in [6.07, 6.45) is 2.83. The molecule has 5 nitrogen and oxygen atoms in total. The summed E-state index contributed by atoms with van der Waals surface area (Å²) in [6.45, 7) is 2.01. The van der Waals surface area contributed by atoms with E-state index in [1.807, 2.05) is 121 Å². The fraction of sp³-hybridized carbons (Fsp3) is 0.0857. The third-order valence-corrected chi connectivity index (χ3v) is 9.57. The highest BCUT2D eigenvalue weighted by Gasteiger charge is 2.26. The van der Waals surface area contributed by atoms with Gasteiger partial charge in [-0.1, -0.05) is 84.2 Å². The first-order valence-electron chi connectivity index (χ1n) is 13.5. The predicted molar refractivity (Wildman–Crippen MR) is 182 cm³/mol. The van der Waals surface area contributed by atoms with Gasteiger partial charge in [-0.3, -0.25) is 13.5 Å². The molecule has 0 fully saturated rings. The lowest BCUT2D eigenvalue weighted by atomic mass is 9.96. The second kappa shape index (κ2) is 13.8. The van der Waals surface area contributed by atoms with Crippen LogP contribution < -0.4 is 4.72 Å².